The van der Waals surface area contributed by atoms with Crippen LogP contribution in [-0.2, 0) is 19.1 Å². The fourth-order valence-electron chi connectivity index (χ4n) is 0.644. The molecule has 0 N–H and O–H groups in total. The van der Waals surface area contributed by atoms with E-state index in [1.807, 2.05) is 0 Å². The quantitative estimate of drug-likeness (QED) is 0.302. The molecular weight excluding hydrogens is 198 g/mol. The molecule has 6 heteroatoms. The van der Waals surface area contributed by atoms with Crippen LogP contribution in [0.2, 0.25) is 0 Å². The maximum absolute atomic E-state index is 12.1. The van der Waals surface area contributed by atoms with Gasteiger partial charge in [0.05, 0.1) is 13.2 Å². The maximum atomic E-state index is 12.1. The van der Waals surface area contributed by atoms with E-state index < -0.39 is 23.6 Å². The van der Waals surface area contributed by atoms with Crippen molar-refractivity contribution in [3.05, 3.63) is 11.7 Å². The van der Waals surface area contributed by atoms with Crippen LogP contribution in [0.4, 0.5) is 8.78 Å². The highest BCUT2D eigenvalue weighted by atomic mass is 19.3. The third kappa shape index (κ3) is 3.51. The van der Waals surface area contributed by atoms with E-state index in [9.17, 15) is 18.4 Å². The Bertz CT molecular complexity index is 236. The highest BCUT2D eigenvalue weighted by Crippen LogP contribution is 2.11. The minimum Gasteiger partial charge on any atom is -0.462 e. The average molecular weight is 208 g/mol. The number of carbonyl (C=O) groups excluding carboxylic acids is 2. The van der Waals surface area contributed by atoms with E-state index in [4.69, 9.17) is 0 Å². The van der Waals surface area contributed by atoms with Crippen molar-refractivity contribution in [2.24, 2.45) is 0 Å². The van der Waals surface area contributed by atoms with Gasteiger partial charge in [0.2, 0.25) is 5.57 Å². The Kier molecular flexibility index (Phi) is 5.43. The molecule has 0 radical (unpaired) electrons. The summed E-state index contributed by atoms with van der Waals surface area (Å²) < 4.78 is 32.8. The van der Waals surface area contributed by atoms with Crippen LogP contribution in [0.1, 0.15) is 13.8 Å². The highest BCUT2D eigenvalue weighted by Gasteiger charge is 2.26. The third-order valence-electron chi connectivity index (χ3n) is 1.15. The number of halogens is 2. The lowest BCUT2D eigenvalue weighted by Gasteiger charge is -2.04. The smallest absolute Gasteiger partial charge is 0.351 e. The van der Waals surface area contributed by atoms with Crippen molar-refractivity contribution in [2.45, 2.75) is 13.8 Å². The fraction of sp³-hybridized carbons (Fsp3) is 0.500. The molecule has 0 aromatic heterocycles. The molecule has 0 spiro atoms. The van der Waals surface area contributed by atoms with E-state index in [-0.39, 0.29) is 13.2 Å². The van der Waals surface area contributed by atoms with Crippen molar-refractivity contribution in [3.8, 4) is 0 Å². The molecule has 0 amide bonds. The van der Waals surface area contributed by atoms with Crippen LogP contribution >= 0.6 is 0 Å². The Morgan fingerprint density at radius 3 is 1.57 bits per heavy atom. The molecule has 0 aliphatic carbocycles. The molecule has 0 heterocycles. The summed E-state index contributed by atoms with van der Waals surface area (Å²) in [5, 5.41) is 0. The lowest BCUT2D eigenvalue weighted by atomic mass is 10.3. The van der Waals surface area contributed by atoms with E-state index in [2.05, 4.69) is 9.47 Å². The van der Waals surface area contributed by atoms with Gasteiger partial charge in [-0.25, -0.2) is 9.59 Å². The van der Waals surface area contributed by atoms with Gasteiger partial charge in [0.15, 0.2) is 0 Å². The van der Waals surface area contributed by atoms with Gasteiger partial charge in [0, 0.05) is 0 Å². The average Bonchev–Trinajstić information content (AvgIpc) is 2.04. The first-order valence-corrected chi connectivity index (χ1v) is 3.94. The lowest BCUT2D eigenvalue weighted by Crippen LogP contribution is -2.19. The molecule has 80 valence electrons. The zero-order chi connectivity index (χ0) is 11.1. The molecule has 14 heavy (non-hydrogen) atoms. The predicted octanol–water partition coefficient (Wildman–Crippen LogP) is 1.26. The first-order chi connectivity index (χ1) is 6.54. The summed E-state index contributed by atoms with van der Waals surface area (Å²) in [5.74, 6) is -2.74. The van der Waals surface area contributed by atoms with E-state index >= 15 is 0 Å². The normalized spacial score (nSPS) is 9.14. The van der Waals surface area contributed by atoms with Gasteiger partial charge in [-0.05, 0) is 13.8 Å². The Hall–Kier alpha value is -1.46. The Morgan fingerprint density at radius 2 is 1.36 bits per heavy atom. The van der Waals surface area contributed by atoms with Crippen molar-refractivity contribution in [1.29, 1.82) is 0 Å². The Morgan fingerprint density at radius 1 is 1.00 bits per heavy atom. The van der Waals surface area contributed by atoms with Gasteiger partial charge >= 0.3 is 11.9 Å². The van der Waals surface area contributed by atoms with Gasteiger partial charge in [0.1, 0.15) is 0 Å². The van der Waals surface area contributed by atoms with Crippen molar-refractivity contribution >= 4 is 11.9 Å². The summed E-state index contributed by atoms with van der Waals surface area (Å²) in [7, 11) is 0. The summed E-state index contributed by atoms with van der Waals surface area (Å²) in [4.78, 5) is 21.7. The molecule has 0 unspecified atom stereocenters. The number of hydrogen-bond donors (Lipinski definition) is 0. The Balaban J connectivity index is 4.71. The molecule has 0 bridgehead atoms. The minimum absolute atomic E-state index is 0.0883. The zero-order valence-corrected chi connectivity index (χ0v) is 7.80. The predicted molar refractivity (Wildman–Crippen MR) is 42.5 cm³/mol. The summed E-state index contributed by atoms with van der Waals surface area (Å²) in [5.41, 5.74) is -1.34. The number of esters is 2. The molecule has 0 aromatic rings. The second-order valence-electron chi connectivity index (χ2n) is 2.08. The molecular formula is C8H10F2O4. The van der Waals surface area contributed by atoms with Gasteiger partial charge in [-0.2, -0.15) is 8.78 Å². The molecule has 4 nitrogen and oxygen atoms in total. The number of ether oxygens (including phenoxy) is 2. The second kappa shape index (κ2) is 6.06. The fourth-order valence-corrected chi connectivity index (χ4v) is 0.644. The number of hydrogen-bond acceptors (Lipinski definition) is 4. The van der Waals surface area contributed by atoms with Crippen molar-refractivity contribution in [1.82, 2.24) is 0 Å². The first-order valence-electron chi connectivity index (χ1n) is 3.94. The van der Waals surface area contributed by atoms with Crippen LogP contribution in [0.15, 0.2) is 11.7 Å². The highest BCUT2D eigenvalue weighted by molar-refractivity contribution is 6.14. The standard InChI is InChI=1S/C8H10F2O4/c1-3-13-7(11)5(6(9)10)8(12)14-4-2/h3-4H2,1-2H3. The Labute approximate surface area is 79.5 Å². The van der Waals surface area contributed by atoms with Gasteiger partial charge < -0.3 is 9.47 Å². The van der Waals surface area contributed by atoms with E-state index in [0.29, 0.717) is 0 Å². The third-order valence-corrected chi connectivity index (χ3v) is 1.15. The second-order valence-corrected chi connectivity index (χ2v) is 2.08. The molecule has 0 aromatic carbocycles. The van der Waals surface area contributed by atoms with Gasteiger partial charge in [0.25, 0.3) is 6.08 Å². The molecule has 0 aliphatic heterocycles. The monoisotopic (exact) mass is 208 g/mol. The maximum Gasteiger partial charge on any atom is 0.351 e. The zero-order valence-electron chi connectivity index (χ0n) is 7.80. The summed E-state index contributed by atoms with van der Waals surface area (Å²) in [6, 6.07) is 0. The summed E-state index contributed by atoms with van der Waals surface area (Å²) >= 11 is 0. The van der Waals surface area contributed by atoms with Crippen LogP contribution in [0.5, 0.6) is 0 Å². The molecule has 0 fully saturated rings. The molecule has 0 saturated heterocycles. The number of carbonyl (C=O) groups is 2. The van der Waals surface area contributed by atoms with E-state index in [0.717, 1.165) is 0 Å². The van der Waals surface area contributed by atoms with E-state index in [1.54, 1.807) is 0 Å². The SMILES string of the molecule is CCOC(=O)C(C(=O)OCC)=C(F)F. The topological polar surface area (TPSA) is 52.6 Å². The molecule has 0 saturated carbocycles. The number of rotatable bonds is 4. The lowest BCUT2D eigenvalue weighted by molar-refractivity contribution is -0.147. The van der Waals surface area contributed by atoms with Gasteiger partial charge in [-0.3, -0.25) is 0 Å². The summed E-state index contributed by atoms with van der Waals surface area (Å²) in [6.07, 6.45) is -2.40. The van der Waals surface area contributed by atoms with Crippen LogP contribution in [0, 0.1) is 0 Å². The summed E-state index contributed by atoms with van der Waals surface area (Å²) in [6.45, 7) is 2.71. The van der Waals surface area contributed by atoms with E-state index in [1.165, 1.54) is 13.8 Å². The van der Waals surface area contributed by atoms with Crippen molar-refractivity contribution in [3.63, 3.8) is 0 Å². The van der Waals surface area contributed by atoms with Crippen LogP contribution in [-0.4, -0.2) is 25.2 Å². The van der Waals surface area contributed by atoms with Gasteiger partial charge in [-0.15, -0.1) is 0 Å². The van der Waals surface area contributed by atoms with Crippen LogP contribution in [0.3, 0.4) is 0 Å². The van der Waals surface area contributed by atoms with Crippen molar-refractivity contribution < 1.29 is 27.8 Å². The van der Waals surface area contributed by atoms with Crippen LogP contribution < -0.4 is 0 Å². The van der Waals surface area contributed by atoms with Crippen molar-refractivity contribution in [2.75, 3.05) is 13.2 Å². The molecule has 0 rings (SSSR count). The minimum atomic E-state index is -2.40. The molecule has 0 atom stereocenters. The van der Waals surface area contributed by atoms with Gasteiger partial charge in [-0.1, -0.05) is 0 Å². The first kappa shape index (κ1) is 12.5. The largest absolute Gasteiger partial charge is 0.462 e. The molecule has 0 aliphatic rings. The van der Waals surface area contributed by atoms with Crippen LogP contribution in [0.25, 0.3) is 0 Å².